The molecule has 3 nitrogen and oxygen atoms in total. The normalized spacial score (nSPS) is 15.0. The fraction of sp³-hybridized carbons (Fsp3) is 0.312. The second-order valence-corrected chi connectivity index (χ2v) is 6.98. The van der Waals surface area contributed by atoms with Gasteiger partial charge in [-0.2, -0.15) is 0 Å². The highest BCUT2D eigenvalue weighted by Crippen LogP contribution is 2.37. The number of thiophene rings is 1. The highest BCUT2D eigenvalue weighted by atomic mass is 35.5. The average Bonchev–Trinajstić information content (AvgIpc) is 3.03. The van der Waals surface area contributed by atoms with Crippen LogP contribution in [0, 0.1) is 5.92 Å². The van der Waals surface area contributed by atoms with Gasteiger partial charge in [-0.05, 0) is 35.1 Å². The number of hydrogen-bond acceptors (Lipinski definition) is 3. The van der Waals surface area contributed by atoms with Gasteiger partial charge in [0, 0.05) is 10.6 Å². The topological polar surface area (TPSA) is 41.1 Å². The molecule has 1 atom stereocenters. The van der Waals surface area contributed by atoms with Crippen LogP contribution in [0.25, 0.3) is 0 Å². The zero-order chi connectivity index (χ0) is 15.0. The molecular weight excluding hydrogens is 304 g/mol. The zero-order valence-corrected chi connectivity index (χ0v) is 13.5. The zero-order valence-electron chi connectivity index (χ0n) is 11.9. The lowest BCUT2D eigenvalue weighted by atomic mass is 10.0. The van der Waals surface area contributed by atoms with E-state index in [9.17, 15) is 4.79 Å². The lowest BCUT2D eigenvalue weighted by Crippen LogP contribution is -2.16. The molecule has 1 aliphatic rings. The summed E-state index contributed by atoms with van der Waals surface area (Å²) in [6, 6.07) is 8.22. The number of carbonyl (C=O) groups is 1. The van der Waals surface area contributed by atoms with E-state index >= 15 is 0 Å². The van der Waals surface area contributed by atoms with E-state index in [-0.39, 0.29) is 11.9 Å². The van der Waals surface area contributed by atoms with Gasteiger partial charge in [0.1, 0.15) is 0 Å². The third-order valence-corrected chi connectivity index (χ3v) is 4.91. The lowest BCUT2D eigenvalue weighted by Gasteiger charge is -2.23. The van der Waals surface area contributed by atoms with Crippen LogP contribution in [0.3, 0.4) is 0 Å². The minimum absolute atomic E-state index is 0.0249. The Labute approximate surface area is 133 Å². The Morgan fingerprint density at radius 3 is 2.86 bits per heavy atom. The molecule has 2 N–H and O–H groups in total. The average molecular weight is 321 g/mol. The van der Waals surface area contributed by atoms with Crippen molar-refractivity contribution in [1.82, 2.24) is 0 Å². The summed E-state index contributed by atoms with van der Waals surface area (Å²) in [4.78, 5) is 12.8. The number of amides is 1. The number of anilines is 2. The van der Waals surface area contributed by atoms with Gasteiger partial charge in [0.15, 0.2) is 0 Å². The van der Waals surface area contributed by atoms with Crippen molar-refractivity contribution in [1.29, 1.82) is 0 Å². The Morgan fingerprint density at radius 1 is 1.38 bits per heavy atom. The van der Waals surface area contributed by atoms with Gasteiger partial charge in [-0.15, -0.1) is 11.3 Å². The van der Waals surface area contributed by atoms with E-state index in [1.807, 2.05) is 12.1 Å². The molecule has 2 aromatic rings. The number of nitrogens with one attached hydrogen (secondary N) is 2. The van der Waals surface area contributed by atoms with Gasteiger partial charge in [0.2, 0.25) is 5.91 Å². The van der Waals surface area contributed by atoms with Crippen molar-refractivity contribution in [3.63, 3.8) is 0 Å². The smallest absolute Gasteiger partial charge is 0.228 e. The van der Waals surface area contributed by atoms with Crippen LogP contribution >= 0.6 is 22.9 Å². The summed E-state index contributed by atoms with van der Waals surface area (Å²) < 4.78 is 0. The third kappa shape index (κ3) is 2.92. The predicted octanol–water partition coefficient (Wildman–Crippen LogP) is 4.71. The van der Waals surface area contributed by atoms with Gasteiger partial charge in [0.05, 0.1) is 23.2 Å². The lowest BCUT2D eigenvalue weighted by molar-refractivity contribution is -0.115. The molecule has 1 amide bonds. The maximum absolute atomic E-state index is 11.5. The molecule has 0 aliphatic carbocycles. The Balaban J connectivity index is 1.90. The van der Waals surface area contributed by atoms with Gasteiger partial charge >= 0.3 is 0 Å². The molecule has 5 heteroatoms. The Hall–Kier alpha value is -1.52. The summed E-state index contributed by atoms with van der Waals surface area (Å²) in [5.74, 6) is 0.463. The molecule has 0 radical (unpaired) electrons. The maximum atomic E-state index is 11.5. The largest absolute Gasteiger partial charge is 0.376 e. The molecule has 0 fully saturated rings. The summed E-state index contributed by atoms with van der Waals surface area (Å²) in [5, 5.41) is 9.07. The number of rotatable bonds is 4. The summed E-state index contributed by atoms with van der Waals surface area (Å²) in [5.41, 5.74) is 2.72. The molecule has 1 aromatic carbocycles. The molecule has 0 spiro atoms. The van der Waals surface area contributed by atoms with Crippen LogP contribution in [-0.4, -0.2) is 5.91 Å². The van der Waals surface area contributed by atoms with Crippen LogP contribution < -0.4 is 10.6 Å². The molecule has 3 rings (SSSR count). The molecular formula is C16H17ClN2OS. The molecule has 2 heterocycles. The molecule has 0 saturated carbocycles. The molecule has 1 aliphatic heterocycles. The van der Waals surface area contributed by atoms with Crippen LogP contribution in [0.15, 0.2) is 29.6 Å². The van der Waals surface area contributed by atoms with Crippen LogP contribution in [0.1, 0.15) is 30.3 Å². The first-order chi connectivity index (χ1) is 10.0. The van der Waals surface area contributed by atoms with Crippen LogP contribution in [0.2, 0.25) is 5.02 Å². The van der Waals surface area contributed by atoms with Crippen LogP contribution in [0.5, 0.6) is 0 Å². The van der Waals surface area contributed by atoms with E-state index in [1.54, 1.807) is 11.3 Å². The number of carbonyl (C=O) groups excluding carboxylic acids is 1. The first-order valence-electron chi connectivity index (χ1n) is 6.97. The Kier molecular flexibility index (Phi) is 3.91. The predicted molar refractivity (Wildman–Crippen MR) is 89.3 cm³/mol. The van der Waals surface area contributed by atoms with Crippen molar-refractivity contribution < 1.29 is 4.79 Å². The van der Waals surface area contributed by atoms with E-state index in [2.05, 4.69) is 42.0 Å². The molecule has 110 valence electrons. The Bertz CT molecular complexity index is 667. The monoisotopic (exact) mass is 320 g/mol. The van der Waals surface area contributed by atoms with Gasteiger partial charge in [-0.25, -0.2) is 0 Å². The van der Waals surface area contributed by atoms with Gasteiger partial charge in [-0.3, -0.25) is 4.79 Å². The van der Waals surface area contributed by atoms with Gasteiger partial charge in [-0.1, -0.05) is 31.5 Å². The second kappa shape index (κ2) is 5.70. The molecule has 1 aromatic heterocycles. The first kappa shape index (κ1) is 14.4. The van der Waals surface area contributed by atoms with E-state index in [0.29, 0.717) is 17.4 Å². The first-order valence-corrected chi connectivity index (χ1v) is 8.22. The van der Waals surface area contributed by atoms with Crippen molar-refractivity contribution in [2.24, 2.45) is 5.92 Å². The number of halogens is 1. The number of hydrogen-bond donors (Lipinski definition) is 2. The van der Waals surface area contributed by atoms with E-state index in [4.69, 9.17) is 11.6 Å². The molecule has 1 unspecified atom stereocenters. The van der Waals surface area contributed by atoms with Crippen LogP contribution in [0.4, 0.5) is 11.4 Å². The summed E-state index contributed by atoms with van der Waals surface area (Å²) in [6.45, 7) is 4.37. The Morgan fingerprint density at radius 2 is 2.19 bits per heavy atom. The highest BCUT2D eigenvalue weighted by Gasteiger charge is 2.22. The summed E-state index contributed by atoms with van der Waals surface area (Å²) in [7, 11) is 0. The van der Waals surface area contributed by atoms with Crippen molar-refractivity contribution in [2.45, 2.75) is 26.3 Å². The molecule has 21 heavy (non-hydrogen) atoms. The summed E-state index contributed by atoms with van der Waals surface area (Å²) >= 11 is 8.09. The van der Waals surface area contributed by atoms with Crippen molar-refractivity contribution in [3.8, 4) is 0 Å². The fourth-order valence-electron chi connectivity index (χ4n) is 2.56. The quantitative estimate of drug-likeness (QED) is 0.857. The second-order valence-electron chi connectivity index (χ2n) is 5.60. The summed E-state index contributed by atoms with van der Waals surface area (Å²) in [6.07, 6.45) is 0.423. The molecule has 0 saturated heterocycles. The van der Waals surface area contributed by atoms with Gasteiger partial charge in [0.25, 0.3) is 0 Å². The van der Waals surface area contributed by atoms with E-state index in [0.717, 1.165) is 16.9 Å². The van der Waals surface area contributed by atoms with E-state index < -0.39 is 0 Å². The van der Waals surface area contributed by atoms with Crippen molar-refractivity contribution >= 4 is 40.2 Å². The SMILES string of the molecule is CC(C)C(Nc1cc2c(cc1Cl)NC(=O)C2)c1cccs1. The molecule has 0 bridgehead atoms. The number of fused-ring (bicyclic) bond motifs is 1. The minimum Gasteiger partial charge on any atom is -0.376 e. The maximum Gasteiger partial charge on any atom is 0.228 e. The number of benzene rings is 1. The van der Waals surface area contributed by atoms with Crippen molar-refractivity contribution in [3.05, 3.63) is 45.1 Å². The fourth-order valence-corrected chi connectivity index (χ4v) is 3.73. The highest BCUT2D eigenvalue weighted by molar-refractivity contribution is 7.10. The minimum atomic E-state index is 0.0249. The third-order valence-electron chi connectivity index (χ3n) is 3.65. The van der Waals surface area contributed by atoms with E-state index in [1.165, 1.54) is 4.88 Å². The van der Waals surface area contributed by atoms with Gasteiger partial charge < -0.3 is 10.6 Å². The standard InChI is InChI=1S/C16H17ClN2OS/c1-9(2)16(14-4-3-5-21-14)19-13-6-10-7-15(20)18-12(10)8-11(13)17/h3-6,8-9,16,19H,7H2,1-2H3,(H,18,20). The van der Waals surface area contributed by atoms with Crippen molar-refractivity contribution in [2.75, 3.05) is 10.6 Å². The van der Waals surface area contributed by atoms with Crippen LogP contribution in [-0.2, 0) is 11.2 Å².